The van der Waals surface area contributed by atoms with Gasteiger partial charge < -0.3 is 61.6 Å². The second-order valence-corrected chi connectivity index (χ2v) is 31.0. The number of rotatable bonds is 44. The number of imide groups is 1. The Balaban J connectivity index is 0.986. The number of nitrogens with zero attached hydrogens (tertiary/aromatic N) is 6. The smallest absolute Gasteiger partial charge is 0.414 e. The maximum atomic E-state index is 14.9. The fourth-order valence-electron chi connectivity index (χ4n) is 14.5. The molecular weight excluding hydrogens is 1410 g/mol. The molecule has 1 aromatic heterocycles. The first-order chi connectivity index (χ1) is 51.9. The molecule has 4 aromatic rings. The number of hydrogen-bond donors (Lipinski definition) is 7. The molecule has 2 aliphatic rings. The second-order valence-electron chi connectivity index (χ2n) is 30.1. The van der Waals surface area contributed by atoms with Gasteiger partial charge in [0.1, 0.15) is 29.7 Å². The van der Waals surface area contributed by atoms with E-state index in [9.17, 15) is 52.7 Å². The molecule has 0 spiro atoms. The van der Waals surface area contributed by atoms with Crippen molar-refractivity contribution in [3.05, 3.63) is 112 Å². The van der Waals surface area contributed by atoms with Gasteiger partial charge in [-0.3, -0.25) is 57.9 Å². The normalized spacial score (nSPS) is 17.2. The van der Waals surface area contributed by atoms with Gasteiger partial charge in [0.2, 0.25) is 53.2 Å². The lowest BCUT2D eigenvalue weighted by atomic mass is 9.89. The number of methoxy groups -OCH3 is 2. The fourth-order valence-corrected chi connectivity index (χ4v) is 15.2. The second kappa shape index (κ2) is 44.1. The molecular formula is C81H121N13O14S. The molecule has 27 nitrogen and oxygen atoms in total. The van der Waals surface area contributed by atoms with E-state index in [4.69, 9.17) is 19.9 Å². The molecule has 0 aliphatic carbocycles. The van der Waals surface area contributed by atoms with Crippen LogP contribution < -0.4 is 42.5 Å². The fraction of sp³-hybridized carbons (Fsp3) is 0.605. The summed E-state index contributed by atoms with van der Waals surface area (Å²) in [6.07, 6.45) is 5.92. The van der Waals surface area contributed by atoms with Crippen LogP contribution in [0.25, 0.3) is 0 Å². The Hall–Kier alpha value is -8.86. The minimum absolute atomic E-state index is 0.0258. The van der Waals surface area contributed by atoms with Crippen LogP contribution in [0.5, 0.6) is 0 Å². The van der Waals surface area contributed by atoms with E-state index < -0.39 is 72.3 Å². The average Bonchev–Trinajstić information content (AvgIpc) is 1.72. The van der Waals surface area contributed by atoms with Crippen molar-refractivity contribution in [3.8, 4) is 0 Å². The molecule has 0 radical (unpaired) electrons. The summed E-state index contributed by atoms with van der Waals surface area (Å²) in [5.41, 5.74) is 8.87. The van der Waals surface area contributed by atoms with Gasteiger partial charge in [0.15, 0.2) is 0 Å². The van der Waals surface area contributed by atoms with Crippen molar-refractivity contribution in [3.63, 3.8) is 0 Å². The van der Waals surface area contributed by atoms with Crippen LogP contribution in [-0.2, 0) is 76.8 Å². The minimum atomic E-state index is -1.07. The van der Waals surface area contributed by atoms with Crippen LogP contribution in [-0.4, -0.2) is 200 Å². The monoisotopic (exact) mass is 1530 g/mol. The van der Waals surface area contributed by atoms with Crippen molar-refractivity contribution in [2.45, 2.75) is 220 Å². The Morgan fingerprint density at radius 2 is 1.40 bits per heavy atom. The van der Waals surface area contributed by atoms with Gasteiger partial charge in [0, 0.05) is 96.2 Å². The number of carbonyl (C=O) groups excluding carboxylic acids is 11. The molecule has 12 amide bonds. The molecule has 12 atom stereocenters. The SMILES string of the molecule is CCC1CC(=O)N(CCCCCC(=O)N[C@H](C(=O)N[C@@H](CCCNC(N)=O)C(=O)Nc2ccc(COC(=O)N(C)c3ccc(CCN(C)[C@H](C(=O)N[C@H](C(=O)N(C)[C@@H]([C@@H](C)CC)[C@@H](CC(=O)N4CCC[C@H]4[C@H](OC)[C@@H](C)C(=O)N[C@@H](Cc4ccccc4)c4nccs4)OC)C(C)C)C(C)C)cc3)cc2)C(C)C)C1=O. The van der Waals surface area contributed by atoms with Gasteiger partial charge in [-0.1, -0.05) is 137 Å². The van der Waals surface area contributed by atoms with E-state index in [1.54, 1.807) is 77.5 Å². The number of benzene rings is 3. The van der Waals surface area contributed by atoms with Crippen molar-refractivity contribution in [1.29, 1.82) is 0 Å². The molecule has 8 N–H and O–H groups in total. The highest BCUT2D eigenvalue weighted by Crippen LogP contribution is 2.32. The Labute approximate surface area is 648 Å². The zero-order valence-electron chi connectivity index (χ0n) is 66.6. The number of ether oxygens (including phenoxy) is 3. The summed E-state index contributed by atoms with van der Waals surface area (Å²) in [5.74, 6) is -4.54. The third kappa shape index (κ3) is 26.2. The summed E-state index contributed by atoms with van der Waals surface area (Å²) >= 11 is 1.48. The lowest BCUT2D eigenvalue weighted by Gasteiger charge is -2.41. The number of primary amides is 1. The van der Waals surface area contributed by atoms with Crippen LogP contribution in [0.4, 0.5) is 21.0 Å². The molecule has 0 bridgehead atoms. The van der Waals surface area contributed by atoms with Crippen molar-refractivity contribution in [1.82, 2.24) is 51.2 Å². The Kier molecular flexibility index (Phi) is 36.0. The molecule has 6 rings (SSSR count). The molecule has 0 saturated carbocycles. The first kappa shape index (κ1) is 89.0. The Morgan fingerprint density at radius 1 is 0.725 bits per heavy atom. The van der Waals surface area contributed by atoms with E-state index in [0.717, 1.165) is 22.6 Å². The van der Waals surface area contributed by atoms with Crippen LogP contribution in [0, 0.1) is 35.5 Å². The van der Waals surface area contributed by atoms with Crippen LogP contribution in [0.1, 0.15) is 174 Å². The van der Waals surface area contributed by atoms with Gasteiger partial charge in [-0.2, -0.15) is 0 Å². The molecule has 3 aromatic carbocycles. The van der Waals surface area contributed by atoms with Gasteiger partial charge >= 0.3 is 12.1 Å². The quantitative estimate of drug-likeness (QED) is 0.0160. The van der Waals surface area contributed by atoms with E-state index in [-0.39, 0.29) is 128 Å². The summed E-state index contributed by atoms with van der Waals surface area (Å²) in [7, 11) is 8.34. The summed E-state index contributed by atoms with van der Waals surface area (Å²) in [4.78, 5) is 161. The first-order valence-corrected chi connectivity index (χ1v) is 39.5. The van der Waals surface area contributed by atoms with Crippen LogP contribution >= 0.6 is 11.3 Å². The largest absolute Gasteiger partial charge is 0.444 e. The number of urea groups is 1. The predicted octanol–water partition coefficient (Wildman–Crippen LogP) is 8.93. The van der Waals surface area contributed by atoms with Gasteiger partial charge in [-0.15, -0.1) is 11.3 Å². The van der Waals surface area contributed by atoms with E-state index in [1.807, 2.05) is 132 Å². The predicted molar refractivity (Wildman–Crippen MR) is 420 cm³/mol. The molecule has 2 saturated heterocycles. The lowest BCUT2D eigenvalue weighted by molar-refractivity contribution is -0.148. The zero-order valence-corrected chi connectivity index (χ0v) is 67.5. The standard InChI is InChI=1S/C81H121N13O14S/c1-16-53(9)71(64(106-14)48-67(97)93-43-25-29-63(93)72(107-15)54(10)73(98)87-62(77-83-41-45-109-77)46-56-26-20-18-21-27-56)92(13)79(103)69(51(5)6)89-76(101)70(52(7)8)90(11)44-39-55-33-37-60(38-34-55)91(12)81(105)108-49-57-31-35-59(36-32-57)85-74(99)61(28-24-40-84-80(82)104)86-75(100)68(50(3)4)88-65(95)30-22-19-23-42-94-66(96)47-58(17-2)78(94)102/h18,20-21,26-27,31-38,41,45,50-54,58,61-64,68-72H,16-17,19,22-25,28-30,39-40,42-44,46-49H2,1-15H3,(H,85,99)(H,86,100)(H,87,98)(H,88,95)(H,89,101)(H3,82,84,104)/t53-,54+,58?,61-,62-,63-,64+,68-,69-,70-,71-,72+/m0/s1. The molecule has 109 heavy (non-hydrogen) atoms. The van der Waals surface area contributed by atoms with Crippen LogP contribution in [0.15, 0.2) is 90.4 Å². The third-order valence-corrected chi connectivity index (χ3v) is 22.0. The highest BCUT2D eigenvalue weighted by Gasteiger charge is 2.44. The maximum absolute atomic E-state index is 14.9. The summed E-state index contributed by atoms with van der Waals surface area (Å²) in [5, 5.41) is 20.0. The molecule has 1 unspecified atom stereocenters. The number of aromatic nitrogens is 1. The molecule has 3 heterocycles. The highest BCUT2D eigenvalue weighted by molar-refractivity contribution is 7.09. The maximum Gasteiger partial charge on any atom is 0.414 e. The number of likely N-dealkylation sites (N-methyl/N-ethyl adjacent to an activating group) is 2. The van der Waals surface area contributed by atoms with Crippen molar-refractivity contribution in [2.24, 2.45) is 41.2 Å². The number of likely N-dealkylation sites (tertiary alicyclic amines) is 2. The Morgan fingerprint density at radius 3 is 2.00 bits per heavy atom. The van der Waals surface area contributed by atoms with Gasteiger partial charge in [0.05, 0.1) is 48.7 Å². The minimum Gasteiger partial charge on any atom is -0.444 e. The highest BCUT2D eigenvalue weighted by atomic mass is 32.1. The first-order valence-electron chi connectivity index (χ1n) is 38.7. The van der Waals surface area contributed by atoms with Crippen molar-refractivity contribution < 1.29 is 67.0 Å². The van der Waals surface area contributed by atoms with E-state index >= 15 is 0 Å². The van der Waals surface area contributed by atoms with Gasteiger partial charge in [0.25, 0.3) is 0 Å². The number of carbonyl (C=O) groups is 11. The van der Waals surface area contributed by atoms with Crippen LogP contribution in [0.2, 0.25) is 0 Å². The number of nitrogens with two attached hydrogens (primary N) is 1. The summed E-state index contributed by atoms with van der Waals surface area (Å²) in [6.45, 7) is 20.4. The lowest BCUT2D eigenvalue weighted by Crippen LogP contribution is -2.60. The number of amides is 12. The van der Waals surface area contributed by atoms with Gasteiger partial charge in [-0.25, -0.2) is 14.6 Å². The third-order valence-electron chi connectivity index (χ3n) is 21.1. The molecule has 600 valence electrons. The number of unbranched alkanes of at least 4 members (excludes halogenated alkanes) is 2. The van der Waals surface area contributed by atoms with E-state index in [2.05, 4.69) is 36.9 Å². The number of anilines is 2. The van der Waals surface area contributed by atoms with Crippen LogP contribution in [0.3, 0.4) is 0 Å². The molecule has 2 fully saturated rings. The summed E-state index contributed by atoms with van der Waals surface area (Å²) < 4.78 is 18.0. The molecule has 2 aliphatic heterocycles. The number of thiazole rings is 1. The van der Waals surface area contributed by atoms with E-state index in [0.29, 0.717) is 87.9 Å². The van der Waals surface area contributed by atoms with Gasteiger partial charge in [-0.05, 0) is 129 Å². The van der Waals surface area contributed by atoms with E-state index in [1.165, 1.54) is 21.1 Å². The topological polar surface area (TPSA) is 343 Å². The molecule has 28 heteroatoms. The number of hydrogen-bond acceptors (Lipinski definition) is 17. The zero-order chi connectivity index (χ0) is 80.2. The Bertz CT molecular complexity index is 3600. The number of nitrogens with one attached hydrogen (secondary N) is 6. The summed E-state index contributed by atoms with van der Waals surface area (Å²) in [6, 6.07) is 18.4. The van der Waals surface area contributed by atoms with Crippen molar-refractivity contribution in [2.75, 3.05) is 71.8 Å². The average molecular weight is 1530 g/mol. The van der Waals surface area contributed by atoms with Crippen molar-refractivity contribution >= 4 is 88.0 Å².